The first-order valence-corrected chi connectivity index (χ1v) is 9.82. The SMILES string of the molecule is CCc1cccc(C)c1NC(=O)/C(C#N)=C\Nc1ccccc1N1CCOCC1. The van der Waals surface area contributed by atoms with Crippen LogP contribution in [-0.2, 0) is 16.0 Å². The molecule has 150 valence electrons. The number of rotatable bonds is 6. The summed E-state index contributed by atoms with van der Waals surface area (Å²) in [5.41, 5.74) is 4.68. The number of nitrogens with zero attached hydrogens (tertiary/aromatic N) is 2. The van der Waals surface area contributed by atoms with Gasteiger partial charge in [-0.05, 0) is 36.6 Å². The lowest BCUT2D eigenvalue weighted by atomic mass is 10.1. The highest BCUT2D eigenvalue weighted by Gasteiger charge is 2.16. The minimum Gasteiger partial charge on any atom is -0.378 e. The van der Waals surface area contributed by atoms with Gasteiger partial charge in [-0.1, -0.05) is 37.3 Å². The molecule has 29 heavy (non-hydrogen) atoms. The van der Waals surface area contributed by atoms with Crippen LogP contribution < -0.4 is 15.5 Å². The number of nitriles is 1. The van der Waals surface area contributed by atoms with Gasteiger partial charge in [-0.25, -0.2) is 0 Å². The lowest BCUT2D eigenvalue weighted by Crippen LogP contribution is -2.36. The third-order valence-corrected chi connectivity index (χ3v) is 4.97. The van der Waals surface area contributed by atoms with Gasteiger partial charge in [-0.2, -0.15) is 5.26 Å². The fourth-order valence-corrected chi connectivity index (χ4v) is 3.36. The Bertz CT molecular complexity index is 940. The van der Waals surface area contributed by atoms with Crippen molar-refractivity contribution in [1.82, 2.24) is 0 Å². The van der Waals surface area contributed by atoms with Gasteiger partial charge in [0.25, 0.3) is 5.91 Å². The van der Waals surface area contributed by atoms with Crippen LogP contribution in [0.5, 0.6) is 0 Å². The normalized spacial score (nSPS) is 14.2. The van der Waals surface area contributed by atoms with E-state index >= 15 is 0 Å². The largest absolute Gasteiger partial charge is 0.378 e. The topological polar surface area (TPSA) is 77.4 Å². The number of carbonyl (C=O) groups is 1. The maximum Gasteiger partial charge on any atom is 0.267 e. The molecule has 1 aliphatic heterocycles. The van der Waals surface area contributed by atoms with Crippen molar-refractivity contribution in [2.75, 3.05) is 41.8 Å². The average Bonchev–Trinajstić information content (AvgIpc) is 2.76. The fourth-order valence-electron chi connectivity index (χ4n) is 3.36. The summed E-state index contributed by atoms with van der Waals surface area (Å²) in [5.74, 6) is -0.423. The van der Waals surface area contributed by atoms with Crippen molar-refractivity contribution >= 4 is 23.0 Å². The monoisotopic (exact) mass is 390 g/mol. The lowest BCUT2D eigenvalue weighted by molar-refractivity contribution is -0.112. The van der Waals surface area contributed by atoms with Gasteiger partial charge >= 0.3 is 0 Å². The van der Waals surface area contributed by atoms with Crippen LogP contribution in [0.4, 0.5) is 17.1 Å². The zero-order valence-corrected chi connectivity index (χ0v) is 16.9. The van der Waals surface area contributed by atoms with Gasteiger partial charge in [0, 0.05) is 25.0 Å². The number of morpholine rings is 1. The molecule has 0 saturated carbocycles. The van der Waals surface area contributed by atoms with E-state index in [0.717, 1.165) is 47.7 Å². The van der Waals surface area contributed by atoms with Gasteiger partial charge in [0.15, 0.2) is 0 Å². The first-order valence-electron chi connectivity index (χ1n) is 9.82. The average molecular weight is 390 g/mol. The summed E-state index contributed by atoms with van der Waals surface area (Å²) in [4.78, 5) is 14.9. The Morgan fingerprint density at radius 1 is 1.21 bits per heavy atom. The van der Waals surface area contributed by atoms with Crippen molar-refractivity contribution in [1.29, 1.82) is 5.26 Å². The highest BCUT2D eigenvalue weighted by atomic mass is 16.5. The fraction of sp³-hybridized carbons (Fsp3) is 0.304. The molecule has 0 aromatic heterocycles. The summed E-state index contributed by atoms with van der Waals surface area (Å²) < 4.78 is 5.42. The van der Waals surface area contributed by atoms with Crippen molar-refractivity contribution in [2.45, 2.75) is 20.3 Å². The van der Waals surface area contributed by atoms with Crippen LogP contribution in [0.2, 0.25) is 0 Å². The standard InChI is InChI=1S/C23H26N4O2/c1-3-18-8-6-7-17(2)22(18)26-23(28)19(15-24)16-25-20-9-4-5-10-21(20)27-11-13-29-14-12-27/h4-10,16,25H,3,11-14H2,1-2H3,(H,26,28)/b19-16-. The van der Waals surface area contributed by atoms with Gasteiger partial charge in [-0.15, -0.1) is 0 Å². The maximum absolute atomic E-state index is 12.7. The summed E-state index contributed by atoms with van der Waals surface area (Å²) in [5, 5.41) is 15.6. The number of hydrogen-bond donors (Lipinski definition) is 2. The second-order valence-electron chi connectivity index (χ2n) is 6.85. The number of ether oxygens (including phenoxy) is 1. The van der Waals surface area contributed by atoms with Crippen LogP contribution in [0.15, 0.2) is 54.2 Å². The van der Waals surface area contributed by atoms with Gasteiger partial charge in [-0.3, -0.25) is 4.79 Å². The second-order valence-corrected chi connectivity index (χ2v) is 6.85. The predicted molar refractivity (Wildman–Crippen MR) is 116 cm³/mol. The van der Waals surface area contributed by atoms with E-state index in [2.05, 4.69) is 15.5 Å². The maximum atomic E-state index is 12.7. The van der Waals surface area contributed by atoms with Crippen molar-refractivity contribution < 1.29 is 9.53 Å². The number of hydrogen-bond acceptors (Lipinski definition) is 5. The molecular weight excluding hydrogens is 364 g/mol. The summed E-state index contributed by atoms with van der Waals surface area (Å²) in [7, 11) is 0. The molecule has 0 unspecified atom stereocenters. The highest BCUT2D eigenvalue weighted by molar-refractivity contribution is 6.07. The smallest absolute Gasteiger partial charge is 0.267 e. The van der Waals surface area contributed by atoms with E-state index in [1.807, 2.05) is 62.4 Å². The number of amides is 1. The number of carbonyl (C=O) groups excluding carboxylic acids is 1. The Kier molecular flexibility index (Phi) is 6.88. The molecule has 2 aromatic carbocycles. The molecule has 0 atom stereocenters. The van der Waals surface area contributed by atoms with Gasteiger partial charge in [0.1, 0.15) is 11.6 Å². The third kappa shape index (κ3) is 4.95. The van der Waals surface area contributed by atoms with E-state index < -0.39 is 5.91 Å². The molecule has 0 spiro atoms. The molecule has 0 bridgehead atoms. The molecule has 1 amide bonds. The zero-order chi connectivity index (χ0) is 20.6. The first kappa shape index (κ1) is 20.4. The number of aryl methyl sites for hydroxylation is 2. The van der Waals surface area contributed by atoms with E-state index in [4.69, 9.17) is 4.74 Å². The van der Waals surface area contributed by atoms with Crippen LogP contribution in [0, 0.1) is 18.3 Å². The minimum absolute atomic E-state index is 0.0205. The summed E-state index contributed by atoms with van der Waals surface area (Å²) in [6.07, 6.45) is 2.27. The van der Waals surface area contributed by atoms with E-state index in [1.54, 1.807) is 0 Å². The van der Waals surface area contributed by atoms with Crippen molar-refractivity contribution in [2.24, 2.45) is 0 Å². The number of nitrogens with one attached hydrogen (secondary N) is 2. The quantitative estimate of drug-likeness (QED) is 0.579. The van der Waals surface area contributed by atoms with Crippen LogP contribution in [0.3, 0.4) is 0 Å². The van der Waals surface area contributed by atoms with Gasteiger partial charge in [0.05, 0.1) is 24.6 Å². The minimum atomic E-state index is -0.423. The number of anilines is 3. The van der Waals surface area contributed by atoms with Gasteiger partial charge < -0.3 is 20.3 Å². The predicted octanol–water partition coefficient (Wildman–Crippen LogP) is 3.85. The van der Waals surface area contributed by atoms with E-state index in [9.17, 15) is 10.1 Å². The van der Waals surface area contributed by atoms with Crippen molar-refractivity contribution in [3.8, 4) is 6.07 Å². The van der Waals surface area contributed by atoms with Crippen LogP contribution in [-0.4, -0.2) is 32.2 Å². The number of para-hydroxylation sites is 3. The number of benzene rings is 2. The first-order chi connectivity index (χ1) is 14.1. The molecule has 1 heterocycles. The molecule has 3 rings (SSSR count). The molecule has 1 aliphatic rings. The van der Waals surface area contributed by atoms with Crippen LogP contribution in [0.25, 0.3) is 0 Å². The van der Waals surface area contributed by atoms with E-state index in [0.29, 0.717) is 13.2 Å². The molecule has 1 fully saturated rings. The molecule has 2 N–H and O–H groups in total. The molecule has 6 nitrogen and oxygen atoms in total. The second kappa shape index (κ2) is 9.76. The Morgan fingerprint density at radius 3 is 2.69 bits per heavy atom. The molecule has 0 radical (unpaired) electrons. The van der Waals surface area contributed by atoms with Crippen LogP contribution in [0.1, 0.15) is 18.1 Å². The van der Waals surface area contributed by atoms with Crippen molar-refractivity contribution in [3.05, 3.63) is 65.4 Å². The lowest BCUT2D eigenvalue weighted by Gasteiger charge is -2.30. The van der Waals surface area contributed by atoms with Gasteiger partial charge in [0.2, 0.25) is 0 Å². The zero-order valence-electron chi connectivity index (χ0n) is 16.9. The summed E-state index contributed by atoms with van der Waals surface area (Å²) >= 11 is 0. The summed E-state index contributed by atoms with van der Waals surface area (Å²) in [6.45, 7) is 6.97. The Hall–Kier alpha value is -3.30. The van der Waals surface area contributed by atoms with Crippen molar-refractivity contribution in [3.63, 3.8) is 0 Å². The molecule has 1 saturated heterocycles. The Labute approximate surface area is 171 Å². The Morgan fingerprint density at radius 2 is 1.97 bits per heavy atom. The molecule has 0 aliphatic carbocycles. The highest BCUT2D eigenvalue weighted by Crippen LogP contribution is 2.27. The van der Waals surface area contributed by atoms with Crippen LogP contribution >= 0.6 is 0 Å². The Balaban J connectivity index is 1.78. The third-order valence-electron chi connectivity index (χ3n) is 4.97. The van der Waals surface area contributed by atoms with E-state index in [-0.39, 0.29) is 5.57 Å². The van der Waals surface area contributed by atoms with E-state index in [1.165, 1.54) is 6.20 Å². The molecular formula is C23H26N4O2. The molecule has 6 heteroatoms. The molecule has 2 aromatic rings. The summed E-state index contributed by atoms with van der Waals surface area (Å²) in [6, 6.07) is 15.8.